The number of rotatable bonds is 5. The number of anilines is 1. The predicted molar refractivity (Wildman–Crippen MR) is 120 cm³/mol. The number of carbonyl (C=O) groups is 2. The molecule has 4 rings (SSSR count). The van der Waals surface area contributed by atoms with Crippen LogP contribution in [0.15, 0.2) is 70.2 Å². The second-order valence-corrected chi connectivity index (χ2v) is 8.12. The number of amides is 2. The molecule has 1 unspecified atom stereocenters. The molecule has 7 nitrogen and oxygen atoms in total. The molecule has 0 radical (unpaired) electrons. The summed E-state index contributed by atoms with van der Waals surface area (Å²) >= 11 is 6.52. The van der Waals surface area contributed by atoms with E-state index in [0.29, 0.717) is 25.9 Å². The van der Waals surface area contributed by atoms with Crippen LogP contribution in [0.1, 0.15) is 12.5 Å². The van der Waals surface area contributed by atoms with Crippen molar-refractivity contribution in [1.29, 1.82) is 0 Å². The van der Waals surface area contributed by atoms with Crippen molar-refractivity contribution < 1.29 is 14.2 Å². The Hall–Kier alpha value is -3.30. The molecule has 30 heavy (non-hydrogen) atoms. The maximum absolute atomic E-state index is 12.8. The minimum absolute atomic E-state index is 0.299. The van der Waals surface area contributed by atoms with E-state index in [1.165, 1.54) is 16.7 Å². The van der Waals surface area contributed by atoms with Crippen LogP contribution in [-0.2, 0) is 9.59 Å². The van der Waals surface area contributed by atoms with E-state index < -0.39 is 6.04 Å². The van der Waals surface area contributed by atoms with Gasteiger partial charge in [-0.25, -0.2) is 4.63 Å². The third-order valence-electron chi connectivity index (χ3n) is 4.47. The first kappa shape index (κ1) is 20.0. The van der Waals surface area contributed by atoms with Gasteiger partial charge in [-0.1, -0.05) is 72.5 Å². The van der Waals surface area contributed by atoms with Gasteiger partial charge >= 0.3 is 0 Å². The number of benzene rings is 2. The van der Waals surface area contributed by atoms with Gasteiger partial charge < -0.3 is 5.32 Å². The smallest absolute Gasteiger partial charge is 0.266 e. The van der Waals surface area contributed by atoms with E-state index in [4.69, 9.17) is 16.8 Å². The van der Waals surface area contributed by atoms with Crippen molar-refractivity contribution in [3.63, 3.8) is 0 Å². The van der Waals surface area contributed by atoms with E-state index >= 15 is 0 Å². The number of thioether (sulfide) groups is 1. The quantitative estimate of drug-likeness (QED) is 0.478. The molecule has 3 aromatic rings. The predicted octanol–water partition coefficient (Wildman–Crippen LogP) is 4.01. The molecule has 1 saturated heterocycles. The van der Waals surface area contributed by atoms with Gasteiger partial charge in [-0.15, -0.1) is 0 Å². The van der Waals surface area contributed by atoms with Gasteiger partial charge in [0, 0.05) is 0 Å². The van der Waals surface area contributed by atoms with Crippen molar-refractivity contribution in [2.24, 2.45) is 0 Å². The van der Waals surface area contributed by atoms with Gasteiger partial charge in [0.05, 0.1) is 10.6 Å². The van der Waals surface area contributed by atoms with Gasteiger partial charge in [-0.3, -0.25) is 14.5 Å². The summed E-state index contributed by atoms with van der Waals surface area (Å²) in [7, 11) is 0. The van der Waals surface area contributed by atoms with Gasteiger partial charge in [-0.05, 0) is 41.0 Å². The van der Waals surface area contributed by atoms with E-state index in [-0.39, 0.29) is 11.8 Å². The van der Waals surface area contributed by atoms with E-state index in [1.54, 1.807) is 37.3 Å². The largest absolute Gasteiger partial charge is 0.322 e. The van der Waals surface area contributed by atoms with Crippen LogP contribution < -0.4 is 5.32 Å². The van der Waals surface area contributed by atoms with Crippen LogP contribution >= 0.6 is 24.0 Å². The molecule has 0 bridgehead atoms. The van der Waals surface area contributed by atoms with Crippen LogP contribution in [0.25, 0.3) is 17.1 Å². The molecular weight excluding hydrogens is 420 g/mol. The van der Waals surface area contributed by atoms with Crippen LogP contribution in [0.5, 0.6) is 0 Å². The Balaban J connectivity index is 1.47. The highest BCUT2D eigenvalue weighted by molar-refractivity contribution is 8.26. The number of thiocarbonyl (C=S) groups is 1. The molecule has 150 valence electrons. The molecule has 0 aliphatic carbocycles. The summed E-state index contributed by atoms with van der Waals surface area (Å²) in [4.78, 5) is 27.4. The average Bonchev–Trinajstić information content (AvgIpc) is 3.33. The minimum Gasteiger partial charge on any atom is -0.322 e. The third-order valence-corrected chi connectivity index (χ3v) is 5.82. The first-order chi connectivity index (χ1) is 14.5. The summed E-state index contributed by atoms with van der Waals surface area (Å²) in [6.45, 7) is 1.63. The molecule has 1 aliphatic heterocycles. The fourth-order valence-electron chi connectivity index (χ4n) is 2.90. The Labute approximate surface area is 181 Å². The summed E-state index contributed by atoms with van der Waals surface area (Å²) in [5, 5.41) is 10.3. The Kier molecular flexibility index (Phi) is 5.73. The van der Waals surface area contributed by atoms with E-state index in [2.05, 4.69) is 15.6 Å². The minimum atomic E-state index is -0.795. The molecule has 1 N–H and O–H groups in total. The summed E-state index contributed by atoms with van der Waals surface area (Å²) in [6, 6.07) is 14.1. The van der Waals surface area contributed by atoms with Crippen LogP contribution in [0.2, 0.25) is 0 Å². The van der Waals surface area contributed by atoms with Crippen LogP contribution in [0, 0.1) is 0 Å². The normalized spacial score (nSPS) is 16.7. The van der Waals surface area contributed by atoms with Crippen molar-refractivity contribution in [1.82, 2.24) is 15.2 Å². The summed E-state index contributed by atoms with van der Waals surface area (Å²) in [5.41, 5.74) is 2.44. The van der Waals surface area contributed by atoms with Crippen molar-refractivity contribution >= 4 is 62.9 Å². The van der Waals surface area contributed by atoms with Crippen LogP contribution in [0.3, 0.4) is 0 Å². The van der Waals surface area contributed by atoms with Crippen molar-refractivity contribution in [2.75, 3.05) is 5.32 Å². The van der Waals surface area contributed by atoms with Gasteiger partial charge in [0.1, 0.15) is 15.9 Å². The van der Waals surface area contributed by atoms with Gasteiger partial charge in [0.25, 0.3) is 5.91 Å². The molecule has 1 aromatic heterocycles. The zero-order valence-corrected chi connectivity index (χ0v) is 17.4. The highest BCUT2D eigenvalue weighted by atomic mass is 32.2. The Bertz CT molecular complexity index is 1190. The summed E-state index contributed by atoms with van der Waals surface area (Å²) in [5.74, 6) is -0.686. The maximum Gasteiger partial charge on any atom is 0.266 e. The van der Waals surface area contributed by atoms with E-state index in [0.717, 1.165) is 5.56 Å². The standard InChI is InChI=1S/C21H16N4O3S2/c1-13(19(26)22-15-10-6-11-16-18(15)24-28-23-16)25-20(27)17(30-21(25)29)12-5-9-14-7-3-2-4-8-14/h2-13H,1H3,(H,22,26). The molecule has 2 amide bonds. The molecule has 2 heterocycles. The SMILES string of the molecule is CC(C(=O)Nc1cccc2nonc12)N1C(=O)C(=CC=Cc2ccccc2)SC1=S. The lowest BCUT2D eigenvalue weighted by Gasteiger charge is -2.22. The lowest BCUT2D eigenvalue weighted by Crippen LogP contribution is -2.44. The van der Waals surface area contributed by atoms with Crippen LogP contribution in [0.4, 0.5) is 5.69 Å². The number of carbonyl (C=O) groups excluding carboxylic acids is 2. The number of hydrogen-bond donors (Lipinski definition) is 1. The lowest BCUT2D eigenvalue weighted by atomic mass is 10.2. The maximum atomic E-state index is 12.8. The highest BCUT2D eigenvalue weighted by Gasteiger charge is 2.38. The lowest BCUT2D eigenvalue weighted by molar-refractivity contribution is -0.129. The van der Waals surface area contributed by atoms with E-state index in [9.17, 15) is 9.59 Å². The van der Waals surface area contributed by atoms with Crippen LogP contribution in [-0.4, -0.2) is 37.4 Å². The zero-order valence-electron chi connectivity index (χ0n) is 15.8. The number of nitrogens with one attached hydrogen (secondary N) is 1. The molecule has 1 atom stereocenters. The zero-order chi connectivity index (χ0) is 21.1. The number of hydrogen-bond acceptors (Lipinski definition) is 7. The van der Waals surface area contributed by atoms with Gasteiger partial charge in [0.15, 0.2) is 5.52 Å². The Morgan fingerprint density at radius 3 is 2.80 bits per heavy atom. The molecular formula is C21H16N4O3S2. The first-order valence-corrected chi connectivity index (χ1v) is 10.3. The van der Waals surface area contributed by atoms with E-state index in [1.807, 2.05) is 36.4 Å². The van der Waals surface area contributed by atoms with Crippen molar-refractivity contribution in [3.05, 3.63) is 71.2 Å². The molecule has 0 spiro atoms. The molecule has 1 aliphatic rings. The summed E-state index contributed by atoms with van der Waals surface area (Å²) < 4.78 is 5.05. The molecule has 2 aromatic carbocycles. The van der Waals surface area contributed by atoms with Crippen molar-refractivity contribution in [3.8, 4) is 0 Å². The fourth-order valence-corrected chi connectivity index (χ4v) is 4.27. The second kappa shape index (κ2) is 8.60. The fraction of sp³-hybridized carbons (Fsp3) is 0.0952. The second-order valence-electron chi connectivity index (χ2n) is 6.45. The topological polar surface area (TPSA) is 88.3 Å². The molecule has 9 heteroatoms. The number of fused-ring (bicyclic) bond motifs is 1. The number of nitrogens with zero attached hydrogens (tertiary/aromatic N) is 3. The Morgan fingerprint density at radius 2 is 2.00 bits per heavy atom. The number of allylic oxidation sites excluding steroid dienone is 2. The number of aromatic nitrogens is 2. The van der Waals surface area contributed by atoms with Gasteiger partial charge in [0.2, 0.25) is 5.91 Å². The third kappa shape index (κ3) is 4.03. The first-order valence-electron chi connectivity index (χ1n) is 9.05. The van der Waals surface area contributed by atoms with Crippen molar-refractivity contribution in [2.45, 2.75) is 13.0 Å². The summed E-state index contributed by atoms with van der Waals surface area (Å²) in [6.07, 6.45) is 5.40. The molecule has 1 fully saturated rings. The molecule has 0 saturated carbocycles. The monoisotopic (exact) mass is 436 g/mol. The Morgan fingerprint density at radius 1 is 1.20 bits per heavy atom. The average molecular weight is 437 g/mol. The highest BCUT2D eigenvalue weighted by Crippen LogP contribution is 2.33. The van der Waals surface area contributed by atoms with Gasteiger partial charge in [-0.2, -0.15) is 0 Å².